The van der Waals surface area contributed by atoms with Crippen LogP contribution >= 0.6 is 11.6 Å². The second-order valence-electron chi connectivity index (χ2n) is 7.47. The molecule has 5 rings (SSSR count). The second-order valence-corrected chi connectivity index (χ2v) is 7.85. The Morgan fingerprint density at radius 3 is 2.86 bits per heavy atom. The third kappa shape index (κ3) is 3.49. The van der Waals surface area contributed by atoms with E-state index in [2.05, 4.69) is 23.2 Å². The monoisotopic (exact) mass is 410 g/mol. The Balaban J connectivity index is 1.40. The van der Waals surface area contributed by atoms with Crippen molar-refractivity contribution in [1.82, 2.24) is 10.0 Å². The molecule has 1 spiro atoms. The van der Waals surface area contributed by atoms with Gasteiger partial charge in [0.25, 0.3) is 0 Å². The maximum Gasteiger partial charge on any atom is 0.213 e. The predicted molar refractivity (Wildman–Crippen MR) is 113 cm³/mol. The molecule has 0 aliphatic carbocycles. The number of hydrogen-bond acceptors (Lipinski definition) is 5. The summed E-state index contributed by atoms with van der Waals surface area (Å²) in [7, 11) is 0. The van der Waals surface area contributed by atoms with Gasteiger partial charge in [-0.1, -0.05) is 35.9 Å². The van der Waals surface area contributed by atoms with Crippen molar-refractivity contribution in [2.24, 2.45) is 0 Å². The Morgan fingerprint density at radius 1 is 1.17 bits per heavy atom. The molecule has 0 bridgehead atoms. The molecule has 0 saturated carbocycles. The molecule has 2 aliphatic heterocycles. The first-order valence-electron chi connectivity index (χ1n) is 10.0. The van der Waals surface area contributed by atoms with Crippen LogP contribution < -0.4 is 4.74 Å². The highest BCUT2D eigenvalue weighted by Gasteiger charge is 2.41. The van der Waals surface area contributed by atoms with E-state index < -0.39 is 5.79 Å². The molecular formula is C23H23ClN2O3. The molecule has 2 aromatic carbocycles. The summed E-state index contributed by atoms with van der Waals surface area (Å²) in [5.41, 5.74) is 3.86. The summed E-state index contributed by atoms with van der Waals surface area (Å²) in [6.07, 6.45) is 3.34. The van der Waals surface area contributed by atoms with Gasteiger partial charge >= 0.3 is 0 Å². The smallest absolute Gasteiger partial charge is 0.213 e. The average molecular weight is 411 g/mol. The van der Waals surface area contributed by atoms with Crippen LogP contribution in [0.5, 0.6) is 5.75 Å². The van der Waals surface area contributed by atoms with Gasteiger partial charge in [-0.15, -0.1) is 0 Å². The molecule has 3 aromatic rings. The highest BCUT2D eigenvalue weighted by molar-refractivity contribution is 6.37. The number of aromatic nitrogens is 1. The number of hydrogen-bond donors (Lipinski definition) is 0. The zero-order chi connectivity index (χ0) is 19.8. The van der Waals surface area contributed by atoms with Crippen LogP contribution in [0.4, 0.5) is 0 Å². The molecule has 29 heavy (non-hydrogen) atoms. The van der Waals surface area contributed by atoms with Gasteiger partial charge in [-0.05, 0) is 30.7 Å². The number of fused-ring (bicyclic) bond motifs is 2. The molecule has 6 heteroatoms. The molecule has 0 unspecified atom stereocenters. The predicted octanol–water partition coefficient (Wildman–Crippen LogP) is 5.21. The molecule has 3 heterocycles. The van der Waals surface area contributed by atoms with Gasteiger partial charge in [0, 0.05) is 48.6 Å². The van der Waals surface area contributed by atoms with E-state index in [1.54, 1.807) is 6.20 Å². The molecule has 1 fully saturated rings. The SMILES string of the molecule is CCON1CCC2(CC1)OCc1cc(-c3ccc4cccnc4c3Cl)ccc1O2. The minimum absolute atomic E-state index is 0.529. The van der Waals surface area contributed by atoms with Crippen LogP contribution in [0.2, 0.25) is 5.02 Å². The standard InChI is InChI=1S/C23H23ClN2O3/c1-2-28-26-12-9-23(10-13-26)27-15-18-14-17(6-8-20(18)29-23)19-7-5-16-4-3-11-25-22(16)21(19)24/h3-8,11,14H,2,9-10,12-13,15H2,1H3. The van der Waals surface area contributed by atoms with Crippen molar-refractivity contribution in [3.63, 3.8) is 0 Å². The molecule has 2 aliphatic rings. The Labute approximate surface area is 175 Å². The van der Waals surface area contributed by atoms with E-state index in [1.807, 2.05) is 36.3 Å². The minimum atomic E-state index is -0.549. The van der Waals surface area contributed by atoms with Crippen LogP contribution in [-0.2, 0) is 16.2 Å². The van der Waals surface area contributed by atoms with Crippen LogP contribution in [0.15, 0.2) is 48.7 Å². The maximum absolute atomic E-state index is 6.67. The van der Waals surface area contributed by atoms with Gasteiger partial charge in [-0.2, -0.15) is 5.06 Å². The molecule has 1 aromatic heterocycles. The molecular weight excluding hydrogens is 388 g/mol. The van der Waals surface area contributed by atoms with Crippen molar-refractivity contribution in [2.75, 3.05) is 19.7 Å². The van der Waals surface area contributed by atoms with Crippen molar-refractivity contribution in [3.05, 3.63) is 59.2 Å². The molecule has 0 N–H and O–H groups in total. The fraction of sp³-hybridized carbons (Fsp3) is 0.348. The first-order valence-corrected chi connectivity index (χ1v) is 10.4. The van der Waals surface area contributed by atoms with Crippen molar-refractivity contribution in [1.29, 1.82) is 0 Å². The lowest BCUT2D eigenvalue weighted by molar-refractivity contribution is -0.265. The van der Waals surface area contributed by atoms with Crippen molar-refractivity contribution in [3.8, 4) is 16.9 Å². The van der Waals surface area contributed by atoms with Gasteiger partial charge in [0.2, 0.25) is 5.79 Å². The lowest BCUT2D eigenvalue weighted by Gasteiger charge is -2.43. The van der Waals surface area contributed by atoms with Gasteiger partial charge in [-0.3, -0.25) is 9.82 Å². The lowest BCUT2D eigenvalue weighted by Crippen LogP contribution is -2.51. The fourth-order valence-electron chi connectivity index (χ4n) is 4.12. The summed E-state index contributed by atoms with van der Waals surface area (Å²) in [5.74, 6) is 0.340. The summed E-state index contributed by atoms with van der Waals surface area (Å²) >= 11 is 6.67. The van der Waals surface area contributed by atoms with E-state index in [1.165, 1.54) is 0 Å². The first kappa shape index (κ1) is 18.8. The number of piperidine rings is 1. The molecule has 0 amide bonds. The summed E-state index contributed by atoms with van der Waals surface area (Å²) in [6.45, 7) is 4.83. The van der Waals surface area contributed by atoms with Crippen molar-refractivity contribution < 1.29 is 14.3 Å². The van der Waals surface area contributed by atoms with Crippen LogP contribution in [0.25, 0.3) is 22.0 Å². The third-order valence-corrected chi connectivity index (χ3v) is 6.05. The first-order chi connectivity index (χ1) is 14.2. The number of rotatable bonds is 3. The normalized spacial score (nSPS) is 18.6. The topological polar surface area (TPSA) is 43.8 Å². The number of ether oxygens (including phenoxy) is 2. The molecule has 5 nitrogen and oxygen atoms in total. The second kappa shape index (κ2) is 7.58. The van der Waals surface area contributed by atoms with Crippen LogP contribution in [0.3, 0.4) is 0 Å². The van der Waals surface area contributed by atoms with E-state index in [0.29, 0.717) is 18.2 Å². The molecule has 1 saturated heterocycles. The molecule has 150 valence electrons. The van der Waals surface area contributed by atoms with Crippen molar-refractivity contribution >= 4 is 22.5 Å². The Morgan fingerprint density at radius 2 is 2.03 bits per heavy atom. The number of hydroxylamine groups is 2. The van der Waals surface area contributed by atoms with E-state index in [9.17, 15) is 0 Å². The zero-order valence-corrected chi connectivity index (χ0v) is 17.1. The number of nitrogens with zero attached hydrogens (tertiary/aromatic N) is 2. The summed E-state index contributed by atoms with van der Waals surface area (Å²) in [5, 5.41) is 3.69. The van der Waals surface area contributed by atoms with E-state index in [0.717, 1.165) is 59.3 Å². The van der Waals surface area contributed by atoms with Crippen LogP contribution in [-0.4, -0.2) is 35.5 Å². The summed E-state index contributed by atoms with van der Waals surface area (Å²) < 4.78 is 12.5. The van der Waals surface area contributed by atoms with Gasteiger partial charge < -0.3 is 9.47 Å². The quantitative estimate of drug-likeness (QED) is 0.593. The number of halogens is 1. The van der Waals surface area contributed by atoms with Crippen LogP contribution in [0.1, 0.15) is 25.3 Å². The van der Waals surface area contributed by atoms with Crippen LogP contribution in [0, 0.1) is 0 Å². The highest BCUT2D eigenvalue weighted by atomic mass is 35.5. The average Bonchev–Trinajstić information content (AvgIpc) is 2.76. The Bertz CT molecular complexity index is 1050. The minimum Gasteiger partial charge on any atom is -0.462 e. The zero-order valence-electron chi connectivity index (χ0n) is 16.4. The van der Waals surface area contributed by atoms with Gasteiger partial charge in [-0.25, -0.2) is 0 Å². The number of benzene rings is 2. The molecule has 0 radical (unpaired) electrons. The van der Waals surface area contributed by atoms with Gasteiger partial charge in [0.05, 0.1) is 23.8 Å². The Hall–Kier alpha value is -2.18. The lowest BCUT2D eigenvalue weighted by atomic mass is 9.99. The van der Waals surface area contributed by atoms with E-state index >= 15 is 0 Å². The van der Waals surface area contributed by atoms with E-state index in [-0.39, 0.29) is 0 Å². The number of pyridine rings is 1. The summed E-state index contributed by atoms with van der Waals surface area (Å²) in [6, 6.07) is 14.2. The summed E-state index contributed by atoms with van der Waals surface area (Å²) in [4.78, 5) is 10.0. The van der Waals surface area contributed by atoms with Gasteiger partial charge in [0.15, 0.2) is 0 Å². The van der Waals surface area contributed by atoms with Crippen molar-refractivity contribution in [2.45, 2.75) is 32.2 Å². The van der Waals surface area contributed by atoms with E-state index in [4.69, 9.17) is 25.9 Å². The Kier molecular flexibility index (Phi) is 4.92. The maximum atomic E-state index is 6.67. The molecule has 0 atom stereocenters. The highest BCUT2D eigenvalue weighted by Crippen LogP contribution is 2.40. The largest absolute Gasteiger partial charge is 0.462 e. The fourth-order valence-corrected chi connectivity index (χ4v) is 4.45. The third-order valence-electron chi connectivity index (χ3n) is 5.67. The van der Waals surface area contributed by atoms with Gasteiger partial charge in [0.1, 0.15) is 5.75 Å².